The molecule has 1 aliphatic rings. The van der Waals surface area contributed by atoms with Crippen LogP contribution in [0.3, 0.4) is 0 Å². The lowest BCUT2D eigenvalue weighted by Crippen LogP contribution is -2.44. The van der Waals surface area contributed by atoms with E-state index < -0.39 is 0 Å². The molecule has 3 unspecified atom stereocenters. The molecule has 4 nitrogen and oxygen atoms in total. The highest BCUT2D eigenvalue weighted by molar-refractivity contribution is 5.78. The fraction of sp³-hybridized carbons (Fsp3) is 0.923. The zero-order valence-corrected chi connectivity index (χ0v) is 11.0. The van der Waals surface area contributed by atoms with Gasteiger partial charge in [-0.2, -0.15) is 0 Å². The lowest BCUT2D eigenvalue weighted by molar-refractivity contribution is -0.121. The maximum atomic E-state index is 11.7. The van der Waals surface area contributed by atoms with Crippen LogP contribution >= 0.6 is 0 Å². The lowest BCUT2D eigenvalue weighted by atomic mass is 9.86. The summed E-state index contributed by atoms with van der Waals surface area (Å²) in [6.07, 6.45) is 5.20. The van der Waals surface area contributed by atoms with E-state index in [9.17, 15) is 4.79 Å². The molecule has 100 valence electrons. The second kappa shape index (κ2) is 7.67. The molecule has 4 heteroatoms. The van der Waals surface area contributed by atoms with E-state index in [1.807, 2.05) is 0 Å². The van der Waals surface area contributed by atoms with Gasteiger partial charge in [-0.15, -0.1) is 0 Å². The normalized spacial score (nSPS) is 26.5. The first-order valence-corrected chi connectivity index (χ1v) is 6.79. The maximum absolute atomic E-state index is 11.7. The van der Waals surface area contributed by atoms with E-state index in [1.165, 1.54) is 0 Å². The van der Waals surface area contributed by atoms with Crippen molar-refractivity contribution in [3.8, 4) is 0 Å². The van der Waals surface area contributed by atoms with Crippen LogP contribution in [0, 0.1) is 5.92 Å². The zero-order valence-electron chi connectivity index (χ0n) is 11.0. The van der Waals surface area contributed by atoms with Crippen LogP contribution in [-0.2, 0) is 4.79 Å². The van der Waals surface area contributed by atoms with Gasteiger partial charge in [0.05, 0.1) is 6.54 Å². The number of carbonyl (C=O) groups is 1. The van der Waals surface area contributed by atoms with Crippen molar-refractivity contribution in [2.24, 2.45) is 5.92 Å². The average Bonchev–Trinajstić information content (AvgIpc) is 2.36. The molecule has 1 fully saturated rings. The van der Waals surface area contributed by atoms with Crippen LogP contribution in [0.5, 0.6) is 0 Å². The number of aliphatic hydroxyl groups is 1. The summed E-state index contributed by atoms with van der Waals surface area (Å²) in [7, 11) is 0. The summed E-state index contributed by atoms with van der Waals surface area (Å²) in [5.41, 5.74) is 0. The maximum Gasteiger partial charge on any atom is 0.234 e. The fourth-order valence-electron chi connectivity index (χ4n) is 2.28. The third kappa shape index (κ3) is 5.50. The number of rotatable bonds is 6. The Morgan fingerprint density at radius 3 is 2.88 bits per heavy atom. The summed E-state index contributed by atoms with van der Waals surface area (Å²) >= 11 is 0. The highest BCUT2D eigenvalue weighted by Gasteiger charge is 2.22. The van der Waals surface area contributed by atoms with Gasteiger partial charge >= 0.3 is 0 Å². The fourth-order valence-corrected chi connectivity index (χ4v) is 2.28. The van der Waals surface area contributed by atoms with Crippen LogP contribution in [0.25, 0.3) is 0 Å². The number of hydrogen-bond acceptors (Lipinski definition) is 3. The monoisotopic (exact) mass is 242 g/mol. The molecule has 0 aliphatic heterocycles. The van der Waals surface area contributed by atoms with Gasteiger partial charge in [0, 0.05) is 18.7 Å². The molecule has 3 atom stereocenters. The van der Waals surface area contributed by atoms with Crippen molar-refractivity contribution < 1.29 is 9.90 Å². The summed E-state index contributed by atoms with van der Waals surface area (Å²) in [4.78, 5) is 11.7. The highest BCUT2D eigenvalue weighted by Crippen LogP contribution is 2.23. The number of amides is 1. The molecule has 0 aromatic carbocycles. The summed E-state index contributed by atoms with van der Waals surface area (Å²) < 4.78 is 0. The molecular weight excluding hydrogens is 216 g/mol. The zero-order chi connectivity index (χ0) is 12.7. The molecule has 3 N–H and O–H groups in total. The molecule has 0 spiro atoms. The molecule has 1 amide bonds. The van der Waals surface area contributed by atoms with Gasteiger partial charge in [-0.1, -0.05) is 13.3 Å². The largest absolute Gasteiger partial charge is 0.396 e. The van der Waals surface area contributed by atoms with Crippen LogP contribution < -0.4 is 10.6 Å². The van der Waals surface area contributed by atoms with E-state index >= 15 is 0 Å². The van der Waals surface area contributed by atoms with Gasteiger partial charge in [0.15, 0.2) is 0 Å². The van der Waals surface area contributed by atoms with Crippen LogP contribution in [0.4, 0.5) is 0 Å². The van der Waals surface area contributed by atoms with Gasteiger partial charge in [-0.25, -0.2) is 0 Å². The first kappa shape index (κ1) is 14.5. The third-order valence-electron chi connectivity index (χ3n) is 3.63. The van der Waals surface area contributed by atoms with E-state index in [0.717, 1.165) is 32.1 Å². The molecule has 0 heterocycles. The van der Waals surface area contributed by atoms with Gasteiger partial charge in [0.1, 0.15) is 0 Å². The highest BCUT2D eigenvalue weighted by atomic mass is 16.3. The molecule has 0 bridgehead atoms. The SMILES string of the molecule is CCC(C)NCC(=O)NC1CCCC(CO)C1. The molecule has 1 rings (SSSR count). The van der Waals surface area contributed by atoms with E-state index in [1.54, 1.807) is 0 Å². The molecule has 0 radical (unpaired) electrons. The first-order valence-electron chi connectivity index (χ1n) is 6.79. The number of aliphatic hydroxyl groups excluding tert-OH is 1. The summed E-state index contributed by atoms with van der Waals surface area (Å²) in [6, 6.07) is 0.643. The van der Waals surface area contributed by atoms with Crippen molar-refractivity contribution >= 4 is 5.91 Å². The van der Waals surface area contributed by atoms with Crippen molar-refractivity contribution in [3.05, 3.63) is 0 Å². The van der Waals surface area contributed by atoms with Crippen LogP contribution in [-0.4, -0.2) is 36.2 Å². The molecule has 1 saturated carbocycles. The third-order valence-corrected chi connectivity index (χ3v) is 3.63. The standard InChI is InChI=1S/C13H26N2O2/c1-3-10(2)14-8-13(17)15-12-6-4-5-11(7-12)9-16/h10-12,14,16H,3-9H2,1-2H3,(H,15,17). The lowest BCUT2D eigenvalue weighted by Gasteiger charge is -2.28. The minimum Gasteiger partial charge on any atom is -0.396 e. The Morgan fingerprint density at radius 1 is 1.47 bits per heavy atom. The van der Waals surface area contributed by atoms with Crippen LogP contribution in [0.2, 0.25) is 0 Å². The Labute approximate surface area is 104 Å². The Hall–Kier alpha value is -0.610. The van der Waals surface area contributed by atoms with Gasteiger partial charge in [0.25, 0.3) is 0 Å². The average molecular weight is 242 g/mol. The number of nitrogens with one attached hydrogen (secondary N) is 2. The molecule has 0 aromatic rings. The van der Waals surface area contributed by atoms with Crippen molar-refractivity contribution in [1.29, 1.82) is 0 Å². The van der Waals surface area contributed by atoms with Crippen LogP contribution in [0.15, 0.2) is 0 Å². The second-order valence-corrected chi connectivity index (χ2v) is 5.17. The van der Waals surface area contributed by atoms with Gasteiger partial charge in [0.2, 0.25) is 5.91 Å². The number of carbonyl (C=O) groups excluding carboxylic acids is 1. The Morgan fingerprint density at radius 2 is 2.24 bits per heavy atom. The Balaban J connectivity index is 2.21. The molecule has 0 aromatic heterocycles. The smallest absolute Gasteiger partial charge is 0.234 e. The minimum absolute atomic E-state index is 0.0777. The Bertz CT molecular complexity index is 233. The van der Waals surface area contributed by atoms with Crippen LogP contribution in [0.1, 0.15) is 46.0 Å². The van der Waals surface area contributed by atoms with E-state index in [-0.39, 0.29) is 18.6 Å². The van der Waals surface area contributed by atoms with Crippen molar-refractivity contribution in [2.45, 2.75) is 58.0 Å². The van der Waals surface area contributed by atoms with Crippen molar-refractivity contribution in [3.63, 3.8) is 0 Å². The van der Waals surface area contributed by atoms with Gasteiger partial charge < -0.3 is 15.7 Å². The quantitative estimate of drug-likeness (QED) is 0.652. The molecule has 17 heavy (non-hydrogen) atoms. The molecular formula is C13H26N2O2. The molecule has 0 saturated heterocycles. The van der Waals surface area contributed by atoms with E-state index in [4.69, 9.17) is 5.11 Å². The van der Waals surface area contributed by atoms with Gasteiger partial charge in [-0.3, -0.25) is 4.79 Å². The van der Waals surface area contributed by atoms with Gasteiger partial charge in [-0.05, 0) is 38.5 Å². The predicted molar refractivity (Wildman–Crippen MR) is 68.7 cm³/mol. The minimum atomic E-state index is 0.0777. The summed E-state index contributed by atoms with van der Waals surface area (Å²) in [5, 5.41) is 15.4. The topological polar surface area (TPSA) is 61.4 Å². The number of hydrogen-bond donors (Lipinski definition) is 3. The summed E-state index contributed by atoms with van der Waals surface area (Å²) in [5.74, 6) is 0.450. The summed E-state index contributed by atoms with van der Waals surface area (Å²) in [6.45, 7) is 4.82. The predicted octanol–water partition coefficient (Wildman–Crippen LogP) is 1.04. The van der Waals surface area contributed by atoms with E-state index in [2.05, 4.69) is 24.5 Å². The van der Waals surface area contributed by atoms with Crippen molar-refractivity contribution in [2.75, 3.05) is 13.2 Å². The second-order valence-electron chi connectivity index (χ2n) is 5.17. The van der Waals surface area contributed by atoms with Crippen molar-refractivity contribution in [1.82, 2.24) is 10.6 Å². The molecule has 1 aliphatic carbocycles. The first-order chi connectivity index (χ1) is 8.15. The van der Waals surface area contributed by atoms with E-state index in [0.29, 0.717) is 18.5 Å². The Kier molecular flexibility index (Phi) is 6.52.